The first-order valence-electron chi connectivity index (χ1n) is 7.98. The zero-order chi connectivity index (χ0) is 14.7. The summed E-state index contributed by atoms with van der Waals surface area (Å²) in [5.74, 6) is -0.489. The Kier molecular flexibility index (Phi) is 4.66. The number of carbonyl (C=O) groups is 1. The standard InChI is InChI=1S/C17H23FN2O/c18-16-6-2-1-5-15(16)17(21)8-12-19-11-7-14(13-19)20-9-3-4-10-20/h1-2,5-6,14H,3-4,7-13H2. The lowest BCUT2D eigenvalue weighted by Crippen LogP contribution is -2.35. The second-order valence-corrected chi connectivity index (χ2v) is 6.14. The van der Waals surface area contributed by atoms with Gasteiger partial charge in [-0.2, -0.15) is 0 Å². The Bertz CT molecular complexity index is 499. The van der Waals surface area contributed by atoms with Gasteiger partial charge in [-0.1, -0.05) is 12.1 Å². The molecule has 1 atom stereocenters. The lowest BCUT2D eigenvalue weighted by atomic mass is 10.1. The number of benzene rings is 1. The van der Waals surface area contributed by atoms with Crippen molar-refractivity contribution in [1.82, 2.24) is 9.80 Å². The number of Topliss-reactive ketones (excluding diaryl/α,β-unsaturated/α-hetero) is 1. The quantitative estimate of drug-likeness (QED) is 0.779. The van der Waals surface area contributed by atoms with Crippen molar-refractivity contribution in [2.75, 3.05) is 32.7 Å². The fourth-order valence-corrected chi connectivity index (χ4v) is 3.50. The predicted octanol–water partition coefficient (Wildman–Crippen LogP) is 2.57. The molecule has 114 valence electrons. The van der Waals surface area contributed by atoms with Gasteiger partial charge in [0.05, 0.1) is 5.56 Å². The third-order valence-corrected chi connectivity index (χ3v) is 4.73. The second-order valence-electron chi connectivity index (χ2n) is 6.14. The lowest BCUT2D eigenvalue weighted by Gasteiger charge is -2.23. The van der Waals surface area contributed by atoms with Crippen LogP contribution in [-0.4, -0.2) is 54.3 Å². The smallest absolute Gasteiger partial charge is 0.167 e. The van der Waals surface area contributed by atoms with Crippen molar-refractivity contribution in [3.05, 3.63) is 35.6 Å². The molecule has 2 saturated heterocycles. The zero-order valence-corrected chi connectivity index (χ0v) is 12.4. The molecule has 0 aliphatic carbocycles. The van der Waals surface area contributed by atoms with Crippen LogP contribution >= 0.6 is 0 Å². The SMILES string of the molecule is O=C(CCN1CCC(N2CCCC2)C1)c1ccccc1F. The Morgan fingerprint density at radius 1 is 1.19 bits per heavy atom. The first-order valence-corrected chi connectivity index (χ1v) is 7.98. The van der Waals surface area contributed by atoms with E-state index in [1.807, 2.05) is 0 Å². The van der Waals surface area contributed by atoms with Gasteiger partial charge in [-0.15, -0.1) is 0 Å². The van der Waals surface area contributed by atoms with Crippen LogP contribution in [0.15, 0.2) is 24.3 Å². The lowest BCUT2D eigenvalue weighted by molar-refractivity contribution is 0.0963. The number of rotatable bonds is 5. The van der Waals surface area contributed by atoms with Gasteiger partial charge in [-0.3, -0.25) is 9.69 Å². The van der Waals surface area contributed by atoms with Gasteiger partial charge in [0.2, 0.25) is 0 Å². The largest absolute Gasteiger partial charge is 0.301 e. The Hall–Kier alpha value is -1.26. The summed E-state index contributed by atoms with van der Waals surface area (Å²) < 4.78 is 13.6. The Balaban J connectivity index is 1.47. The van der Waals surface area contributed by atoms with Crippen molar-refractivity contribution < 1.29 is 9.18 Å². The molecule has 0 radical (unpaired) electrons. The van der Waals surface area contributed by atoms with E-state index >= 15 is 0 Å². The topological polar surface area (TPSA) is 23.6 Å². The van der Waals surface area contributed by atoms with Crippen molar-refractivity contribution in [3.63, 3.8) is 0 Å². The maximum absolute atomic E-state index is 13.6. The van der Waals surface area contributed by atoms with Gasteiger partial charge in [0.1, 0.15) is 5.82 Å². The van der Waals surface area contributed by atoms with E-state index in [1.165, 1.54) is 38.4 Å². The Morgan fingerprint density at radius 2 is 1.95 bits per heavy atom. The average Bonchev–Trinajstić information content (AvgIpc) is 3.16. The fourth-order valence-electron chi connectivity index (χ4n) is 3.50. The molecule has 2 fully saturated rings. The van der Waals surface area contributed by atoms with Crippen LogP contribution < -0.4 is 0 Å². The average molecular weight is 290 g/mol. The van der Waals surface area contributed by atoms with Crippen molar-refractivity contribution in [2.45, 2.75) is 31.7 Å². The minimum Gasteiger partial charge on any atom is -0.301 e. The van der Waals surface area contributed by atoms with Crippen molar-refractivity contribution in [3.8, 4) is 0 Å². The van der Waals surface area contributed by atoms with E-state index in [1.54, 1.807) is 18.2 Å². The summed E-state index contributed by atoms with van der Waals surface area (Å²) in [6.07, 6.45) is 4.26. The van der Waals surface area contributed by atoms with Crippen molar-refractivity contribution in [1.29, 1.82) is 0 Å². The summed E-state index contributed by atoms with van der Waals surface area (Å²) in [6, 6.07) is 6.93. The highest BCUT2D eigenvalue weighted by Gasteiger charge is 2.29. The summed E-state index contributed by atoms with van der Waals surface area (Å²) in [7, 11) is 0. The number of ketones is 1. The minimum absolute atomic E-state index is 0.0854. The molecule has 2 aliphatic rings. The normalized spacial score (nSPS) is 23.8. The molecule has 0 saturated carbocycles. The van der Waals surface area contributed by atoms with E-state index in [0.29, 0.717) is 12.5 Å². The van der Waals surface area contributed by atoms with Crippen LogP contribution in [-0.2, 0) is 0 Å². The summed E-state index contributed by atoms with van der Waals surface area (Å²) in [5.41, 5.74) is 0.229. The molecule has 0 amide bonds. The van der Waals surface area contributed by atoms with Crippen LogP contribution in [0.5, 0.6) is 0 Å². The maximum Gasteiger partial charge on any atom is 0.167 e. The van der Waals surface area contributed by atoms with E-state index in [9.17, 15) is 9.18 Å². The third kappa shape index (κ3) is 3.50. The molecule has 0 spiro atoms. The van der Waals surface area contributed by atoms with Gasteiger partial charge in [0, 0.05) is 25.6 Å². The Morgan fingerprint density at radius 3 is 2.71 bits per heavy atom. The van der Waals surface area contributed by atoms with Crippen LogP contribution in [0.1, 0.15) is 36.0 Å². The molecular formula is C17H23FN2O. The highest BCUT2D eigenvalue weighted by Crippen LogP contribution is 2.20. The van der Waals surface area contributed by atoms with Crippen LogP contribution in [0, 0.1) is 5.82 Å². The molecule has 1 unspecified atom stereocenters. The number of likely N-dealkylation sites (tertiary alicyclic amines) is 2. The number of carbonyl (C=O) groups excluding carboxylic acids is 1. The molecule has 1 aromatic carbocycles. The molecule has 2 aliphatic heterocycles. The van der Waals surface area contributed by atoms with Crippen molar-refractivity contribution >= 4 is 5.78 Å². The monoisotopic (exact) mass is 290 g/mol. The van der Waals surface area contributed by atoms with Crippen molar-refractivity contribution in [2.24, 2.45) is 0 Å². The number of hydrogen-bond donors (Lipinski definition) is 0. The molecule has 1 aromatic rings. The van der Waals surface area contributed by atoms with Crippen LogP contribution in [0.3, 0.4) is 0 Å². The summed E-state index contributed by atoms with van der Waals surface area (Å²) in [5, 5.41) is 0. The number of halogens is 1. The van der Waals surface area contributed by atoms with Gasteiger partial charge in [0.25, 0.3) is 0 Å². The van der Waals surface area contributed by atoms with Crippen LogP contribution in [0.4, 0.5) is 4.39 Å². The summed E-state index contributed by atoms with van der Waals surface area (Å²) in [4.78, 5) is 17.0. The molecule has 0 bridgehead atoms. The van der Waals surface area contributed by atoms with E-state index in [-0.39, 0.29) is 11.3 Å². The van der Waals surface area contributed by atoms with Gasteiger partial charge in [0.15, 0.2) is 5.78 Å². The first kappa shape index (κ1) is 14.7. The van der Waals surface area contributed by atoms with E-state index in [0.717, 1.165) is 19.6 Å². The fraction of sp³-hybridized carbons (Fsp3) is 0.588. The highest BCUT2D eigenvalue weighted by molar-refractivity contribution is 5.96. The summed E-state index contributed by atoms with van der Waals surface area (Å²) >= 11 is 0. The third-order valence-electron chi connectivity index (χ3n) is 4.73. The predicted molar refractivity (Wildman–Crippen MR) is 81.0 cm³/mol. The minimum atomic E-state index is -0.404. The van der Waals surface area contributed by atoms with Crippen LogP contribution in [0.25, 0.3) is 0 Å². The van der Waals surface area contributed by atoms with Crippen LogP contribution in [0.2, 0.25) is 0 Å². The Labute approximate surface area is 125 Å². The number of hydrogen-bond acceptors (Lipinski definition) is 3. The molecular weight excluding hydrogens is 267 g/mol. The molecule has 3 rings (SSSR count). The van der Waals surface area contributed by atoms with Gasteiger partial charge >= 0.3 is 0 Å². The van der Waals surface area contributed by atoms with Gasteiger partial charge in [-0.05, 0) is 51.0 Å². The second kappa shape index (κ2) is 6.67. The van der Waals surface area contributed by atoms with E-state index in [2.05, 4.69) is 9.80 Å². The van der Waals surface area contributed by atoms with Gasteiger partial charge in [-0.25, -0.2) is 4.39 Å². The molecule has 2 heterocycles. The zero-order valence-electron chi connectivity index (χ0n) is 12.4. The van der Waals surface area contributed by atoms with Gasteiger partial charge < -0.3 is 4.90 Å². The molecule has 4 heteroatoms. The van der Waals surface area contributed by atoms with E-state index < -0.39 is 5.82 Å². The highest BCUT2D eigenvalue weighted by atomic mass is 19.1. The summed E-state index contributed by atoms with van der Waals surface area (Å²) in [6.45, 7) is 5.33. The molecule has 0 aromatic heterocycles. The van der Waals surface area contributed by atoms with E-state index in [4.69, 9.17) is 0 Å². The number of nitrogens with zero attached hydrogens (tertiary/aromatic N) is 2. The maximum atomic E-state index is 13.6. The molecule has 3 nitrogen and oxygen atoms in total. The molecule has 21 heavy (non-hydrogen) atoms. The molecule has 0 N–H and O–H groups in total. The first-order chi connectivity index (χ1) is 10.2.